The second-order valence-corrected chi connectivity index (χ2v) is 5.06. The summed E-state index contributed by atoms with van der Waals surface area (Å²) in [5, 5.41) is 9.81. The highest BCUT2D eigenvalue weighted by atomic mass is 19.1. The molecule has 0 unspecified atom stereocenters. The number of aromatic nitrogens is 2. The van der Waals surface area contributed by atoms with Crippen LogP contribution >= 0.6 is 0 Å². The lowest BCUT2D eigenvalue weighted by Gasteiger charge is -2.18. The number of aliphatic hydroxyl groups is 1. The highest BCUT2D eigenvalue weighted by molar-refractivity contribution is 5.45. The van der Waals surface area contributed by atoms with Gasteiger partial charge >= 0.3 is 0 Å². The number of aryl methyl sites for hydroxylation is 1. The van der Waals surface area contributed by atoms with Gasteiger partial charge in [0.15, 0.2) is 0 Å². The molecule has 1 aromatic heterocycles. The zero-order valence-electron chi connectivity index (χ0n) is 10.9. The maximum atomic E-state index is 13.9. The predicted molar refractivity (Wildman–Crippen MR) is 70.8 cm³/mol. The molecule has 0 saturated carbocycles. The van der Waals surface area contributed by atoms with Crippen LogP contribution in [0.5, 0.6) is 0 Å². The van der Waals surface area contributed by atoms with Crippen LogP contribution in [0.3, 0.4) is 0 Å². The Morgan fingerprint density at radius 2 is 2.11 bits per heavy atom. The fourth-order valence-corrected chi connectivity index (χ4v) is 2.83. The van der Waals surface area contributed by atoms with Gasteiger partial charge in [-0.15, -0.1) is 0 Å². The first-order valence-corrected chi connectivity index (χ1v) is 6.70. The average molecular weight is 260 g/mol. The standard InChI is InChI=1S/C15H17FN2O/c1-10(19)15-11(16)5-4-8-14(15)18-9-17-12-6-2-3-7-13(12)18/h4-5,8-10,19H,2-3,6-7H2,1H3/t10-/m1/s1. The molecule has 3 nitrogen and oxygen atoms in total. The van der Waals surface area contributed by atoms with Crippen molar-refractivity contribution in [1.29, 1.82) is 0 Å². The maximum absolute atomic E-state index is 13.9. The molecule has 1 aromatic carbocycles. The lowest BCUT2D eigenvalue weighted by Crippen LogP contribution is -2.10. The van der Waals surface area contributed by atoms with Crippen molar-refractivity contribution in [1.82, 2.24) is 9.55 Å². The molecule has 1 aliphatic carbocycles. The second-order valence-electron chi connectivity index (χ2n) is 5.06. The number of fused-ring (bicyclic) bond motifs is 1. The molecular formula is C15H17FN2O. The molecule has 0 radical (unpaired) electrons. The first kappa shape index (κ1) is 12.4. The summed E-state index contributed by atoms with van der Waals surface area (Å²) in [5.74, 6) is -0.370. The third-order valence-electron chi connectivity index (χ3n) is 3.74. The Balaban J connectivity index is 2.17. The van der Waals surface area contributed by atoms with Crippen LogP contribution in [0.2, 0.25) is 0 Å². The van der Waals surface area contributed by atoms with Crippen LogP contribution in [0, 0.1) is 5.82 Å². The number of hydrogen-bond acceptors (Lipinski definition) is 2. The molecule has 0 bridgehead atoms. The lowest BCUT2D eigenvalue weighted by molar-refractivity contribution is 0.194. The van der Waals surface area contributed by atoms with Gasteiger partial charge < -0.3 is 9.67 Å². The van der Waals surface area contributed by atoms with Crippen LogP contribution < -0.4 is 0 Å². The molecule has 2 aromatic rings. The van der Waals surface area contributed by atoms with Crippen LogP contribution in [-0.4, -0.2) is 14.7 Å². The molecule has 0 amide bonds. The van der Waals surface area contributed by atoms with Gasteiger partial charge in [0, 0.05) is 11.3 Å². The van der Waals surface area contributed by atoms with E-state index in [1.807, 2.05) is 10.6 Å². The second kappa shape index (κ2) is 4.78. The molecule has 1 atom stereocenters. The van der Waals surface area contributed by atoms with Gasteiger partial charge in [0.25, 0.3) is 0 Å². The number of aliphatic hydroxyl groups excluding tert-OH is 1. The summed E-state index contributed by atoms with van der Waals surface area (Å²) in [6.45, 7) is 1.59. The van der Waals surface area contributed by atoms with Gasteiger partial charge in [-0.3, -0.25) is 0 Å². The third kappa shape index (κ3) is 2.06. The van der Waals surface area contributed by atoms with E-state index < -0.39 is 6.10 Å². The van der Waals surface area contributed by atoms with Gasteiger partial charge in [-0.2, -0.15) is 0 Å². The molecular weight excluding hydrogens is 243 g/mol. The van der Waals surface area contributed by atoms with E-state index in [0.29, 0.717) is 11.3 Å². The number of imidazole rings is 1. The van der Waals surface area contributed by atoms with Crippen molar-refractivity contribution in [2.75, 3.05) is 0 Å². The minimum absolute atomic E-state index is 0.341. The molecule has 0 fully saturated rings. The smallest absolute Gasteiger partial charge is 0.131 e. The Morgan fingerprint density at radius 1 is 1.32 bits per heavy atom. The van der Waals surface area contributed by atoms with Crippen molar-refractivity contribution < 1.29 is 9.50 Å². The summed E-state index contributed by atoms with van der Waals surface area (Å²) in [6.07, 6.45) is 5.16. The Morgan fingerprint density at radius 3 is 2.89 bits per heavy atom. The highest BCUT2D eigenvalue weighted by Gasteiger charge is 2.20. The Bertz CT molecular complexity index is 604. The predicted octanol–water partition coefficient (Wildman–Crippen LogP) is 2.94. The van der Waals surface area contributed by atoms with E-state index in [4.69, 9.17) is 0 Å². The van der Waals surface area contributed by atoms with Crippen LogP contribution in [0.4, 0.5) is 4.39 Å². The Hall–Kier alpha value is -1.68. The number of nitrogens with zero attached hydrogens (tertiary/aromatic N) is 2. The van der Waals surface area contributed by atoms with E-state index in [0.717, 1.165) is 37.1 Å². The molecule has 1 N–H and O–H groups in total. The summed E-state index contributed by atoms with van der Waals surface area (Å²) in [7, 11) is 0. The monoisotopic (exact) mass is 260 g/mol. The van der Waals surface area contributed by atoms with Crippen LogP contribution in [-0.2, 0) is 12.8 Å². The molecule has 1 aliphatic rings. The first-order chi connectivity index (χ1) is 9.18. The maximum Gasteiger partial charge on any atom is 0.131 e. The zero-order valence-corrected chi connectivity index (χ0v) is 10.9. The van der Waals surface area contributed by atoms with Crippen molar-refractivity contribution in [3.63, 3.8) is 0 Å². The normalized spacial score (nSPS) is 16.2. The summed E-state index contributed by atoms with van der Waals surface area (Å²) in [5.41, 5.74) is 3.30. The van der Waals surface area contributed by atoms with Gasteiger partial charge in [-0.1, -0.05) is 6.07 Å². The van der Waals surface area contributed by atoms with E-state index in [9.17, 15) is 9.50 Å². The minimum atomic E-state index is -0.835. The van der Waals surface area contributed by atoms with E-state index in [-0.39, 0.29) is 5.82 Å². The minimum Gasteiger partial charge on any atom is -0.389 e. The fourth-order valence-electron chi connectivity index (χ4n) is 2.83. The summed E-state index contributed by atoms with van der Waals surface area (Å²) in [4.78, 5) is 4.42. The molecule has 4 heteroatoms. The molecule has 19 heavy (non-hydrogen) atoms. The summed E-state index contributed by atoms with van der Waals surface area (Å²) in [6, 6.07) is 4.89. The van der Waals surface area contributed by atoms with Gasteiger partial charge in [0.1, 0.15) is 5.82 Å². The molecule has 100 valence electrons. The zero-order chi connectivity index (χ0) is 13.4. The summed E-state index contributed by atoms with van der Waals surface area (Å²) < 4.78 is 15.9. The van der Waals surface area contributed by atoms with E-state index >= 15 is 0 Å². The molecule has 0 spiro atoms. The van der Waals surface area contributed by atoms with E-state index in [1.54, 1.807) is 19.3 Å². The van der Waals surface area contributed by atoms with Gasteiger partial charge in [-0.25, -0.2) is 9.37 Å². The topological polar surface area (TPSA) is 38.0 Å². The first-order valence-electron chi connectivity index (χ1n) is 6.70. The Kier molecular flexibility index (Phi) is 3.11. The molecule has 3 rings (SSSR count). The largest absolute Gasteiger partial charge is 0.389 e. The van der Waals surface area contributed by atoms with E-state index in [2.05, 4.69) is 4.98 Å². The molecule has 0 aliphatic heterocycles. The van der Waals surface area contributed by atoms with Gasteiger partial charge in [0.2, 0.25) is 0 Å². The Labute approximate surface area is 111 Å². The van der Waals surface area contributed by atoms with E-state index in [1.165, 1.54) is 6.07 Å². The van der Waals surface area contributed by atoms with Crippen molar-refractivity contribution in [3.05, 3.63) is 47.3 Å². The molecule has 0 saturated heterocycles. The highest BCUT2D eigenvalue weighted by Crippen LogP contribution is 2.29. The molecule has 1 heterocycles. The van der Waals surface area contributed by atoms with Crippen LogP contribution in [0.15, 0.2) is 24.5 Å². The van der Waals surface area contributed by atoms with Crippen molar-refractivity contribution >= 4 is 0 Å². The van der Waals surface area contributed by atoms with Gasteiger partial charge in [-0.05, 0) is 44.7 Å². The average Bonchev–Trinajstić information content (AvgIpc) is 2.81. The number of rotatable bonds is 2. The fraction of sp³-hybridized carbons (Fsp3) is 0.400. The SMILES string of the molecule is C[C@@H](O)c1c(F)cccc1-n1cnc2c1CCCC2. The third-order valence-corrected chi connectivity index (χ3v) is 3.74. The summed E-state index contributed by atoms with van der Waals surface area (Å²) >= 11 is 0. The van der Waals surface area contributed by atoms with Gasteiger partial charge in [0.05, 0.1) is 23.8 Å². The van der Waals surface area contributed by atoms with Crippen molar-refractivity contribution in [3.8, 4) is 5.69 Å². The number of halogens is 1. The van der Waals surface area contributed by atoms with Crippen LogP contribution in [0.25, 0.3) is 5.69 Å². The number of hydrogen-bond donors (Lipinski definition) is 1. The van der Waals surface area contributed by atoms with Crippen LogP contribution in [0.1, 0.15) is 42.8 Å². The van der Waals surface area contributed by atoms with Crippen molar-refractivity contribution in [2.45, 2.75) is 38.7 Å². The van der Waals surface area contributed by atoms with Crippen molar-refractivity contribution in [2.24, 2.45) is 0 Å². The lowest BCUT2D eigenvalue weighted by atomic mass is 10.0. The number of benzene rings is 1. The quantitative estimate of drug-likeness (QED) is 0.901.